The van der Waals surface area contributed by atoms with Crippen LogP contribution in [0.15, 0.2) is 17.0 Å². The number of anilines is 1. The Morgan fingerprint density at radius 1 is 1.62 bits per heavy atom. The maximum absolute atomic E-state index is 4.21. The molecule has 0 aliphatic carbocycles. The molecule has 0 fully saturated rings. The standard InChI is InChI=1S/C8H9BrN4/c1-2-10-5-3-6(9)13-8-7(5)11-4-12-8/h3-4H,2H2,1H3,(H2,10,11,12,13). The third-order valence-corrected chi connectivity index (χ3v) is 2.14. The molecule has 2 aromatic heterocycles. The van der Waals surface area contributed by atoms with Gasteiger partial charge in [0.25, 0.3) is 0 Å². The minimum Gasteiger partial charge on any atom is -0.383 e. The summed E-state index contributed by atoms with van der Waals surface area (Å²) in [7, 11) is 0. The Balaban J connectivity index is 2.63. The zero-order chi connectivity index (χ0) is 9.26. The third-order valence-electron chi connectivity index (χ3n) is 1.73. The van der Waals surface area contributed by atoms with Crippen molar-refractivity contribution < 1.29 is 0 Å². The van der Waals surface area contributed by atoms with Gasteiger partial charge in [-0.05, 0) is 28.9 Å². The summed E-state index contributed by atoms with van der Waals surface area (Å²) >= 11 is 3.33. The first kappa shape index (κ1) is 8.50. The van der Waals surface area contributed by atoms with Gasteiger partial charge in [0, 0.05) is 6.54 Å². The van der Waals surface area contributed by atoms with Crippen molar-refractivity contribution in [3.63, 3.8) is 0 Å². The van der Waals surface area contributed by atoms with E-state index in [0.29, 0.717) is 0 Å². The molecule has 0 unspecified atom stereocenters. The van der Waals surface area contributed by atoms with Crippen LogP contribution in [0.2, 0.25) is 0 Å². The number of pyridine rings is 1. The highest BCUT2D eigenvalue weighted by Gasteiger charge is 2.04. The first-order valence-corrected chi connectivity index (χ1v) is 4.84. The molecule has 5 heteroatoms. The van der Waals surface area contributed by atoms with Gasteiger partial charge in [-0.2, -0.15) is 0 Å². The molecular formula is C8H9BrN4. The van der Waals surface area contributed by atoms with E-state index in [9.17, 15) is 0 Å². The quantitative estimate of drug-likeness (QED) is 0.792. The molecule has 0 atom stereocenters. The van der Waals surface area contributed by atoms with Gasteiger partial charge in [0.2, 0.25) is 0 Å². The number of nitrogens with one attached hydrogen (secondary N) is 2. The molecule has 4 nitrogen and oxygen atoms in total. The zero-order valence-corrected chi connectivity index (χ0v) is 8.72. The number of aromatic amines is 1. The molecule has 2 N–H and O–H groups in total. The average Bonchev–Trinajstić information content (AvgIpc) is 2.52. The largest absolute Gasteiger partial charge is 0.383 e. The van der Waals surface area contributed by atoms with Gasteiger partial charge >= 0.3 is 0 Å². The smallest absolute Gasteiger partial charge is 0.180 e. The monoisotopic (exact) mass is 240 g/mol. The van der Waals surface area contributed by atoms with Gasteiger partial charge in [0.15, 0.2) is 5.65 Å². The highest BCUT2D eigenvalue weighted by Crippen LogP contribution is 2.22. The van der Waals surface area contributed by atoms with Crippen LogP contribution in [-0.2, 0) is 0 Å². The van der Waals surface area contributed by atoms with Gasteiger partial charge in [-0.15, -0.1) is 0 Å². The first-order valence-electron chi connectivity index (χ1n) is 4.04. The van der Waals surface area contributed by atoms with Crippen LogP contribution in [0.4, 0.5) is 5.69 Å². The van der Waals surface area contributed by atoms with E-state index in [1.54, 1.807) is 6.33 Å². The van der Waals surface area contributed by atoms with Crippen LogP contribution in [0.1, 0.15) is 6.92 Å². The summed E-state index contributed by atoms with van der Waals surface area (Å²) in [5, 5.41) is 3.24. The molecule has 0 amide bonds. The topological polar surface area (TPSA) is 53.6 Å². The van der Waals surface area contributed by atoms with Crippen molar-refractivity contribution in [2.75, 3.05) is 11.9 Å². The molecule has 0 bridgehead atoms. The fourth-order valence-corrected chi connectivity index (χ4v) is 1.62. The maximum Gasteiger partial charge on any atom is 0.180 e. The van der Waals surface area contributed by atoms with Crippen LogP contribution in [0, 0.1) is 0 Å². The lowest BCUT2D eigenvalue weighted by Crippen LogP contribution is -1.98. The minimum absolute atomic E-state index is 0.727. The Kier molecular flexibility index (Phi) is 2.18. The Labute approximate surface area is 83.9 Å². The Morgan fingerprint density at radius 2 is 2.46 bits per heavy atom. The number of fused-ring (bicyclic) bond motifs is 1. The molecular weight excluding hydrogens is 232 g/mol. The maximum atomic E-state index is 4.21. The summed E-state index contributed by atoms with van der Waals surface area (Å²) < 4.78 is 0.794. The van der Waals surface area contributed by atoms with Crippen molar-refractivity contribution in [2.45, 2.75) is 6.92 Å². The lowest BCUT2D eigenvalue weighted by atomic mass is 10.3. The summed E-state index contributed by atoms with van der Waals surface area (Å²) in [5.74, 6) is 0. The molecule has 0 radical (unpaired) electrons. The second-order valence-corrected chi connectivity index (χ2v) is 3.44. The summed E-state index contributed by atoms with van der Waals surface area (Å²) in [6.45, 7) is 2.93. The van der Waals surface area contributed by atoms with Gasteiger partial charge in [-0.3, -0.25) is 0 Å². The Morgan fingerprint density at radius 3 is 3.23 bits per heavy atom. The predicted molar refractivity (Wildman–Crippen MR) is 55.8 cm³/mol. The predicted octanol–water partition coefficient (Wildman–Crippen LogP) is 2.15. The van der Waals surface area contributed by atoms with Crippen molar-refractivity contribution in [3.05, 3.63) is 17.0 Å². The van der Waals surface area contributed by atoms with Gasteiger partial charge in [-0.25, -0.2) is 9.97 Å². The molecule has 0 spiro atoms. The molecule has 2 aromatic rings. The van der Waals surface area contributed by atoms with Gasteiger partial charge in [0.05, 0.1) is 12.0 Å². The molecule has 2 rings (SSSR count). The van der Waals surface area contributed by atoms with Crippen molar-refractivity contribution in [2.24, 2.45) is 0 Å². The van der Waals surface area contributed by atoms with E-state index in [-0.39, 0.29) is 0 Å². The highest BCUT2D eigenvalue weighted by molar-refractivity contribution is 9.10. The first-order chi connectivity index (χ1) is 6.31. The van der Waals surface area contributed by atoms with Crippen LogP contribution in [0.3, 0.4) is 0 Å². The SMILES string of the molecule is CCNc1cc(Br)nc2nc[nH]c12. The molecule has 2 heterocycles. The average molecular weight is 241 g/mol. The number of aromatic nitrogens is 3. The number of rotatable bonds is 2. The molecule has 13 heavy (non-hydrogen) atoms. The zero-order valence-electron chi connectivity index (χ0n) is 7.13. The van der Waals surface area contributed by atoms with Crippen LogP contribution < -0.4 is 5.32 Å². The van der Waals surface area contributed by atoms with Crippen LogP contribution >= 0.6 is 15.9 Å². The van der Waals surface area contributed by atoms with E-state index < -0.39 is 0 Å². The van der Waals surface area contributed by atoms with E-state index in [0.717, 1.165) is 28.0 Å². The van der Waals surface area contributed by atoms with Crippen molar-refractivity contribution in [3.8, 4) is 0 Å². The van der Waals surface area contributed by atoms with Gasteiger partial charge in [-0.1, -0.05) is 0 Å². The number of hydrogen-bond acceptors (Lipinski definition) is 3. The molecule has 0 saturated heterocycles. The summed E-state index contributed by atoms with van der Waals surface area (Å²) in [6.07, 6.45) is 1.64. The number of H-pyrrole nitrogens is 1. The van der Waals surface area contributed by atoms with E-state index in [1.165, 1.54) is 0 Å². The molecule has 0 aromatic carbocycles. The normalized spacial score (nSPS) is 10.6. The fourth-order valence-electron chi connectivity index (χ4n) is 1.22. The minimum atomic E-state index is 0.727. The molecule has 68 valence electrons. The second kappa shape index (κ2) is 3.33. The van der Waals surface area contributed by atoms with Crippen LogP contribution in [0.5, 0.6) is 0 Å². The second-order valence-electron chi connectivity index (χ2n) is 2.62. The number of nitrogens with zero attached hydrogens (tertiary/aromatic N) is 2. The summed E-state index contributed by atoms with van der Waals surface area (Å²) in [6, 6.07) is 1.93. The molecule has 0 aliphatic heterocycles. The Hall–Kier alpha value is -1.10. The molecule has 0 saturated carbocycles. The molecule has 0 aliphatic rings. The van der Waals surface area contributed by atoms with E-state index in [4.69, 9.17) is 0 Å². The van der Waals surface area contributed by atoms with Crippen molar-refractivity contribution in [1.29, 1.82) is 0 Å². The highest BCUT2D eigenvalue weighted by atomic mass is 79.9. The fraction of sp³-hybridized carbons (Fsp3) is 0.250. The van der Waals surface area contributed by atoms with Gasteiger partial charge in [0.1, 0.15) is 10.1 Å². The van der Waals surface area contributed by atoms with Crippen LogP contribution in [0.25, 0.3) is 11.2 Å². The van der Waals surface area contributed by atoms with E-state index in [2.05, 4.69) is 43.1 Å². The van der Waals surface area contributed by atoms with Crippen molar-refractivity contribution >= 4 is 32.8 Å². The van der Waals surface area contributed by atoms with E-state index in [1.807, 2.05) is 6.07 Å². The van der Waals surface area contributed by atoms with Crippen molar-refractivity contribution in [1.82, 2.24) is 15.0 Å². The number of imidazole rings is 1. The lowest BCUT2D eigenvalue weighted by Gasteiger charge is -2.03. The van der Waals surface area contributed by atoms with Gasteiger partial charge < -0.3 is 10.3 Å². The Bertz CT molecular complexity index is 423. The summed E-state index contributed by atoms with van der Waals surface area (Å²) in [5.41, 5.74) is 2.70. The summed E-state index contributed by atoms with van der Waals surface area (Å²) in [4.78, 5) is 11.3. The lowest BCUT2D eigenvalue weighted by molar-refractivity contribution is 1.20. The third kappa shape index (κ3) is 1.51. The van der Waals surface area contributed by atoms with Crippen LogP contribution in [-0.4, -0.2) is 21.5 Å². The van der Waals surface area contributed by atoms with E-state index >= 15 is 0 Å². The number of hydrogen-bond donors (Lipinski definition) is 2. The number of halogens is 1.